The van der Waals surface area contributed by atoms with Crippen molar-refractivity contribution in [3.8, 4) is 20.9 Å². The molecule has 0 saturated heterocycles. The van der Waals surface area contributed by atoms with Crippen LogP contribution in [-0.2, 0) is 9.47 Å². The highest BCUT2D eigenvalue weighted by molar-refractivity contribution is 7.14. The van der Waals surface area contributed by atoms with Crippen molar-refractivity contribution in [3.05, 3.63) is 70.4 Å². The van der Waals surface area contributed by atoms with Crippen LogP contribution < -0.4 is 0 Å². The molecule has 4 rings (SSSR count). The number of benzene rings is 2. The molecule has 2 heterocycles. The summed E-state index contributed by atoms with van der Waals surface area (Å²) in [6, 6.07) is 15.5. The third-order valence-electron chi connectivity index (χ3n) is 4.55. The lowest BCUT2D eigenvalue weighted by molar-refractivity contribution is 0.0593. The van der Waals surface area contributed by atoms with Crippen LogP contribution in [0.15, 0.2) is 59.3 Å². The van der Waals surface area contributed by atoms with Crippen molar-refractivity contribution in [2.75, 3.05) is 14.2 Å². The van der Waals surface area contributed by atoms with Gasteiger partial charge in [0.2, 0.25) is 0 Å². The number of thiophene rings is 2. The first-order valence-electron chi connectivity index (χ1n) is 8.49. The van der Waals surface area contributed by atoms with Crippen LogP contribution in [0.4, 0.5) is 0 Å². The fourth-order valence-corrected chi connectivity index (χ4v) is 5.13. The second-order valence-corrected chi connectivity index (χ2v) is 7.85. The zero-order valence-corrected chi connectivity index (χ0v) is 16.9. The van der Waals surface area contributed by atoms with Gasteiger partial charge in [-0.2, -0.15) is 0 Å². The van der Waals surface area contributed by atoms with Gasteiger partial charge >= 0.3 is 11.9 Å². The molecule has 0 aliphatic carbocycles. The summed E-state index contributed by atoms with van der Waals surface area (Å²) in [5.74, 6) is -0.703. The maximum atomic E-state index is 12.1. The van der Waals surface area contributed by atoms with Crippen molar-refractivity contribution in [2.45, 2.75) is 0 Å². The average Bonchev–Trinajstić information content (AvgIpc) is 3.41. The minimum absolute atomic E-state index is 0.351. The molecule has 2 aromatic carbocycles. The minimum Gasteiger partial charge on any atom is -0.465 e. The molecule has 0 bridgehead atoms. The fourth-order valence-electron chi connectivity index (χ4n) is 3.28. The maximum absolute atomic E-state index is 12.1. The Morgan fingerprint density at radius 3 is 1.50 bits per heavy atom. The Bertz CT molecular complexity index is 1090. The Morgan fingerprint density at radius 2 is 1.11 bits per heavy atom. The number of methoxy groups -OCH3 is 2. The summed E-state index contributed by atoms with van der Waals surface area (Å²) in [6.07, 6.45) is 0. The van der Waals surface area contributed by atoms with Gasteiger partial charge in [-0.25, -0.2) is 9.59 Å². The normalized spacial score (nSPS) is 10.8. The Balaban J connectivity index is 1.95. The number of esters is 2. The summed E-state index contributed by atoms with van der Waals surface area (Å²) < 4.78 is 9.85. The Hall–Kier alpha value is -2.96. The number of carbonyl (C=O) groups is 2. The van der Waals surface area contributed by atoms with E-state index < -0.39 is 0 Å². The van der Waals surface area contributed by atoms with Gasteiger partial charge in [0, 0.05) is 20.9 Å². The van der Waals surface area contributed by atoms with Gasteiger partial charge in [-0.3, -0.25) is 0 Å². The lowest BCUT2D eigenvalue weighted by atomic mass is 9.96. The molecule has 0 aliphatic rings. The molecule has 0 unspecified atom stereocenters. The van der Waals surface area contributed by atoms with Crippen LogP contribution in [0.1, 0.15) is 20.7 Å². The van der Waals surface area contributed by atoms with E-state index in [4.69, 9.17) is 9.47 Å². The first kappa shape index (κ1) is 18.4. The van der Waals surface area contributed by atoms with Gasteiger partial charge in [0.15, 0.2) is 0 Å². The summed E-state index contributed by atoms with van der Waals surface area (Å²) in [7, 11) is 2.77. The molecule has 0 atom stereocenters. The third kappa shape index (κ3) is 3.00. The number of fused-ring (bicyclic) bond motifs is 1. The van der Waals surface area contributed by atoms with Gasteiger partial charge in [0.1, 0.15) is 0 Å². The summed E-state index contributed by atoms with van der Waals surface area (Å²) in [6.45, 7) is 0. The number of carbonyl (C=O) groups excluding carboxylic acids is 2. The van der Waals surface area contributed by atoms with E-state index in [-0.39, 0.29) is 11.9 Å². The average molecular weight is 409 g/mol. The monoisotopic (exact) mass is 408 g/mol. The summed E-state index contributed by atoms with van der Waals surface area (Å²) in [5.41, 5.74) is 3.03. The van der Waals surface area contributed by atoms with E-state index in [0.717, 1.165) is 31.7 Å². The molecule has 6 heteroatoms. The van der Waals surface area contributed by atoms with Crippen LogP contribution in [0.2, 0.25) is 0 Å². The molecule has 0 fully saturated rings. The van der Waals surface area contributed by atoms with Crippen molar-refractivity contribution >= 4 is 45.4 Å². The topological polar surface area (TPSA) is 52.6 Å². The summed E-state index contributed by atoms with van der Waals surface area (Å²) >= 11 is 3.01. The largest absolute Gasteiger partial charge is 0.465 e. The number of rotatable bonds is 4. The quantitative estimate of drug-likeness (QED) is 0.396. The van der Waals surface area contributed by atoms with Gasteiger partial charge in [0.05, 0.1) is 25.3 Å². The molecule has 4 nitrogen and oxygen atoms in total. The molecular formula is C22H16O4S2. The van der Waals surface area contributed by atoms with Gasteiger partial charge in [-0.05, 0) is 33.7 Å². The second-order valence-electron chi connectivity index (χ2n) is 6.02. The Labute approximate surface area is 170 Å². The van der Waals surface area contributed by atoms with Crippen molar-refractivity contribution < 1.29 is 19.1 Å². The van der Waals surface area contributed by atoms with Crippen LogP contribution in [0.3, 0.4) is 0 Å². The number of hydrogen-bond donors (Lipinski definition) is 0. The standard InChI is InChI=1S/C22H16O4S2/c1-25-21(23)17-9-11-27-19(17)15-7-3-6-14-13(15)5-4-8-16(14)20-18(10-12-28-20)22(24)26-2/h3-12H,1-2H3. The summed E-state index contributed by atoms with van der Waals surface area (Å²) in [5, 5.41) is 5.80. The maximum Gasteiger partial charge on any atom is 0.339 e. The molecule has 0 radical (unpaired) electrons. The lowest BCUT2D eigenvalue weighted by Gasteiger charge is -2.11. The fraction of sp³-hybridized carbons (Fsp3) is 0.0909. The van der Waals surface area contributed by atoms with Crippen LogP contribution >= 0.6 is 22.7 Å². The minimum atomic E-state index is -0.351. The predicted octanol–water partition coefficient (Wildman–Crippen LogP) is 5.87. The first-order valence-corrected chi connectivity index (χ1v) is 10.3. The predicted molar refractivity (Wildman–Crippen MR) is 113 cm³/mol. The van der Waals surface area contributed by atoms with Crippen molar-refractivity contribution in [2.24, 2.45) is 0 Å². The zero-order valence-electron chi connectivity index (χ0n) is 15.2. The van der Waals surface area contributed by atoms with Gasteiger partial charge in [0.25, 0.3) is 0 Å². The smallest absolute Gasteiger partial charge is 0.339 e. The SMILES string of the molecule is COC(=O)c1ccsc1-c1cccc2c(-c3sccc3C(=O)OC)cccc12. The highest BCUT2D eigenvalue weighted by atomic mass is 32.1. The second kappa shape index (κ2) is 7.58. The van der Waals surface area contributed by atoms with Crippen LogP contribution in [0.5, 0.6) is 0 Å². The van der Waals surface area contributed by atoms with Crippen LogP contribution in [-0.4, -0.2) is 26.2 Å². The molecule has 140 valence electrons. The van der Waals surface area contributed by atoms with E-state index in [1.165, 1.54) is 36.9 Å². The molecule has 4 aromatic rings. The molecular weight excluding hydrogens is 392 g/mol. The van der Waals surface area contributed by atoms with Crippen molar-refractivity contribution in [3.63, 3.8) is 0 Å². The molecule has 0 N–H and O–H groups in total. The van der Waals surface area contributed by atoms with E-state index in [2.05, 4.69) is 0 Å². The first-order chi connectivity index (χ1) is 13.7. The van der Waals surface area contributed by atoms with E-state index in [0.29, 0.717) is 11.1 Å². The van der Waals surface area contributed by atoms with Crippen molar-refractivity contribution in [1.29, 1.82) is 0 Å². The van der Waals surface area contributed by atoms with Crippen LogP contribution in [0, 0.1) is 0 Å². The Kier molecular flexibility index (Phi) is 4.98. The van der Waals surface area contributed by atoms with Crippen molar-refractivity contribution in [1.82, 2.24) is 0 Å². The molecule has 0 saturated carbocycles. The Morgan fingerprint density at radius 1 is 0.679 bits per heavy atom. The van der Waals surface area contributed by atoms with E-state index >= 15 is 0 Å². The highest BCUT2D eigenvalue weighted by Gasteiger charge is 2.20. The molecule has 0 amide bonds. The zero-order chi connectivity index (χ0) is 19.7. The van der Waals surface area contributed by atoms with Gasteiger partial charge in [-0.15, -0.1) is 22.7 Å². The van der Waals surface area contributed by atoms with E-state index in [9.17, 15) is 9.59 Å². The summed E-state index contributed by atoms with van der Waals surface area (Å²) in [4.78, 5) is 26.0. The molecule has 28 heavy (non-hydrogen) atoms. The third-order valence-corrected chi connectivity index (χ3v) is 6.45. The van der Waals surface area contributed by atoms with Gasteiger partial charge in [-0.1, -0.05) is 36.4 Å². The molecule has 2 aromatic heterocycles. The van der Waals surface area contributed by atoms with Gasteiger partial charge < -0.3 is 9.47 Å². The molecule has 0 aliphatic heterocycles. The molecule has 0 spiro atoms. The highest BCUT2D eigenvalue weighted by Crippen LogP contribution is 2.40. The van der Waals surface area contributed by atoms with E-state index in [1.54, 1.807) is 12.1 Å². The van der Waals surface area contributed by atoms with E-state index in [1.807, 2.05) is 47.2 Å². The van der Waals surface area contributed by atoms with Crippen LogP contribution in [0.25, 0.3) is 31.7 Å². The lowest BCUT2D eigenvalue weighted by Crippen LogP contribution is -2.01. The number of hydrogen-bond acceptors (Lipinski definition) is 6. The number of ether oxygens (including phenoxy) is 2.